The third-order valence-electron chi connectivity index (χ3n) is 3.26. The Hall–Kier alpha value is -1.35. The second-order valence-corrected chi connectivity index (χ2v) is 4.84. The minimum atomic E-state index is 0.0520. The van der Waals surface area contributed by atoms with Crippen molar-refractivity contribution in [3.05, 3.63) is 34.9 Å². The molecule has 0 radical (unpaired) electrons. The summed E-state index contributed by atoms with van der Waals surface area (Å²) in [6.07, 6.45) is 2.21. The van der Waals surface area contributed by atoms with E-state index < -0.39 is 0 Å². The predicted octanol–water partition coefficient (Wildman–Crippen LogP) is 1.79. The van der Waals surface area contributed by atoms with Crippen molar-refractivity contribution >= 4 is 5.91 Å². The molecule has 3 nitrogen and oxygen atoms in total. The lowest BCUT2D eigenvalue weighted by atomic mass is 10.0. The first kappa shape index (κ1) is 12.1. The van der Waals surface area contributed by atoms with Gasteiger partial charge < -0.3 is 10.6 Å². The van der Waals surface area contributed by atoms with Gasteiger partial charge in [-0.15, -0.1) is 0 Å². The number of hydrogen-bond donors (Lipinski definition) is 2. The van der Waals surface area contributed by atoms with E-state index in [0.717, 1.165) is 37.1 Å². The molecule has 0 unspecified atom stereocenters. The van der Waals surface area contributed by atoms with Crippen molar-refractivity contribution in [2.24, 2.45) is 0 Å². The van der Waals surface area contributed by atoms with Crippen LogP contribution in [0.5, 0.6) is 0 Å². The molecule has 1 aliphatic rings. The van der Waals surface area contributed by atoms with E-state index in [1.165, 1.54) is 5.56 Å². The first-order valence-corrected chi connectivity index (χ1v) is 6.25. The molecule has 1 saturated heterocycles. The number of nitrogens with one attached hydrogen (secondary N) is 2. The zero-order chi connectivity index (χ0) is 12.3. The average Bonchev–Trinajstić information content (AvgIpc) is 2.30. The average molecular weight is 232 g/mol. The van der Waals surface area contributed by atoms with Crippen LogP contribution >= 0.6 is 0 Å². The third-order valence-corrected chi connectivity index (χ3v) is 3.26. The van der Waals surface area contributed by atoms with E-state index in [9.17, 15) is 4.79 Å². The van der Waals surface area contributed by atoms with Crippen LogP contribution in [0.25, 0.3) is 0 Å². The van der Waals surface area contributed by atoms with Gasteiger partial charge in [0.05, 0.1) is 0 Å². The van der Waals surface area contributed by atoms with Crippen molar-refractivity contribution < 1.29 is 4.79 Å². The molecule has 92 valence electrons. The molecular formula is C14H20N2O. The first-order valence-electron chi connectivity index (χ1n) is 6.25. The van der Waals surface area contributed by atoms with E-state index in [1.807, 2.05) is 32.0 Å². The second kappa shape index (κ2) is 5.32. The fourth-order valence-electron chi connectivity index (χ4n) is 2.31. The minimum Gasteiger partial charge on any atom is -0.348 e. The highest BCUT2D eigenvalue weighted by atomic mass is 16.1. The van der Waals surface area contributed by atoms with Crippen LogP contribution < -0.4 is 10.6 Å². The highest BCUT2D eigenvalue weighted by Gasteiger charge is 2.17. The van der Waals surface area contributed by atoms with Gasteiger partial charge in [0.2, 0.25) is 0 Å². The van der Waals surface area contributed by atoms with Crippen LogP contribution in [-0.2, 0) is 0 Å². The highest BCUT2D eigenvalue weighted by Crippen LogP contribution is 2.11. The van der Waals surface area contributed by atoms with Gasteiger partial charge >= 0.3 is 0 Å². The summed E-state index contributed by atoms with van der Waals surface area (Å²) in [6.45, 7) is 5.98. The number of piperidine rings is 1. The van der Waals surface area contributed by atoms with Crippen molar-refractivity contribution in [3.63, 3.8) is 0 Å². The van der Waals surface area contributed by atoms with E-state index in [1.54, 1.807) is 0 Å². The summed E-state index contributed by atoms with van der Waals surface area (Å²) in [6, 6.07) is 6.22. The van der Waals surface area contributed by atoms with E-state index in [4.69, 9.17) is 0 Å². The van der Waals surface area contributed by atoms with Crippen LogP contribution in [0.1, 0.15) is 34.3 Å². The molecule has 1 fully saturated rings. The molecule has 1 aliphatic heterocycles. The standard InChI is InChI=1S/C14H20N2O/c1-10-5-6-13(11(2)8-10)14(17)16-12-4-3-7-15-9-12/h5-6,8,12,15H,3-4,7,9H2,1-2H3,(H,16,17)/t12-/m1/s1. The van der Waals surface area contributed by atoms with Crippen molar-refractivity contribution in [2.45, 2.75) is 32.7 Å². The molecule has 0 bridgehead atoms. The number of carbonyl (C=O) groups is 1. The molecule has 1 atom stereocenters. The van der Waals surface area contributed by atoms with E-state index in [-0.39, 0.29) is 11.9 Å². The molecule has 0 aliphatic carbocycles. The second-order valence-electron chi connectivity index (χ2n) is 4.84. The maximum atomic E-state index is 12.1. The van der Waals surface area contributed by atoms with Crippen molar-refractivity contribution in [3.8, 4) is 0 Å². The first-order chi connectivity index (χ1) is 8.16. The van der Waals surface area contributed by atoms with Gasteiger partial charge in [-0.3, -0.25) is 4.79 Å². The SMILES string of the molecule is Cc1ccc(C(=O)N[C@@H]2CCCNC2)c(C)c1. The predicted molar refractivity (Wildman–Crippen MR) is 69.3 cm³/mol. The van der Waals surface area contributed by atoms with Crippen molar-refractivity contribution in [2.75, 3.05) is 13.1 Å². The van der Waals surface area contributed by atoms with E-state index in [2.05, 4.69) is 10.6 Å². The quantitative estimate of drug-likeness (QED) is 0.816. The lowest BCUT2D eigenvalue weighted by Gasteiger charge is -2.24. The molecular weight excluding hydrogens is 212 g/mol. The Morgan fingerprint density at radius 2 is 2.24 bits per heavy atom. The molecule has 2 N–H and O–H groups in total. The number of rotatable bonds is 2. The van der Waals surface area contributed by atoms with Crippen LogP contribution in [0.4, 0.5) is 0 Å². The summed E-state index contributed by atoms with van der Waals surface area (Å²) in [4.78, 5) is 12.1. The van der Waals surface area contributed by atoms with Crippen LogP contribution in [0.3, 0.4) is 0 Å². The largest absolute Gasteiger partial charge is 0.348 e. The van der Waals surface area contributed by atoms with Crippen LogP contribution in [0.15, 0.2) is 18.2 Å². The number of hydrogen-bond acceptors (Lipinski definition) is 2. The zero-order valence-electron chi connectivity index (χ0n) is 10.5. The summed E-state index contributed by atoms with van der Waals surface area (Å²) in [5.74, 6) is 0.0520. The number of amides is 1. The zero-order valence-corrected chi connectivity index (χ0v) is 10.5. The van der Waals surface area contributed by atoms with Crippen molar-refractivity contribution in [1.82, 2.24) is 10.6 Å². The maximum absolute atomic E-state index is 12.1. The van der Waals surface area contributed by atoms with Gasteiger partial charge in [0, 0.05) is 18.2 Å². The molecule has 1 aromatic carbocycles. The minimum absolute atomic E-state index is 0.0520. The molecule has 3 heteroatoms. The Labute approximate surface area is 103 Å². The Morgan fingerprint density at radius 1 is 1.41 bits per heavy atom. The Kier molecular flexibility index (Phi) is 3.79. The monoisotopic (exact) mass is 232 g/mol. The number of carbonyl (C=O) groups excluding carboxylic acids is 1. The van der Waals surface area contributed by atoms with Gasteiger partial charge in [0.25, 0.3) is 5.91 Å². The molecule has 2 rings (SSSR count). The summed E-state index contributed by atoms with van der Waals surface area (Å²) < 4.78 is 0. The summed E-state index contributed by atoms with van der Waals surface area (Å²) >= 11 is 0. The Balaban J connectivity index is 2.03. The molecule has 1 amide bonds. The summed E-state index contributed by atoms with van der Waals surface area (Å²) in [5.41, 5.74) is 3.03. The van der Waals surface area contributed by atoms with Gasteiger partial charge in [0.15, 0.2) is 0 Å². The van der Waals surface area contributed by atoms with Gasteiger partial charge in [-0.05, 0) is 44.9 Å². The molecule has 1 aromatic rings. The molecule has 1 heterocycles. The normalized spacial score (nSPS) is 20.0. The van der Waals surface area contributed by atoms with Gasteiger partial charge in [-0.25, -0.2) is 0 Å². The number of aryl methyl sites for hydroxylation is 2. The fourth-order valence-corrected chi connectivity index (χ4v) is 2.31. The summed E-state index contributed by atoms with van der Waals surface area (Å²) in [5, 5.41) is 6.39. The van der Waals surface area contributed by atoms with E-state index >= 15 is 0 Å². The lowest BCUT2D eigenvalue weighted by molar-refractivity contribution is 0.0930. The molecule has 0 saturated carbocycles. The Morgan fingerprint density at radius 3 is 2.88 bits per heavy atom. The lowest BCUT2D eigenvalue weighted by Crippen LogP contribution is -2.45. The van der Waals surface area contributed by atoms with Gasteiger partial charge in [0.1, 0.15) is 0 Å². The maximum Gasteiger partial charge on any atom is 0.251 e. The Bertz CT molecular complexity index is 409. The van der Waals surface area contributed by atoms with Gasteiger partial charge in [-0.2, -0.15) is 0 Å². The molecule has 0 aromatic heterocycles. The summed E-state index contributed by atoms with van der Waals surface area (Å²) in [7, 11) is 0. The smallest absolute Gasteiger partial charge is 0.251 e. The molecule has 0 spiro atoms. The van der Waals surface area contributed by atoms with E-state index in [0.29, 0.717) is 0 Å². The molecule has 17 heavy (non-hydrogen) atoms. The van der Waals surface area contributed by atoms with Crippen LogP contribution in [-0.4, -0.2) is 25.0 Å². The third kappa shape index (κ3) is 3.07. The highest BCUT2D eigenvalue weighted by molar-refractivity contribution is 5.95. The van der Waals surface area contributed by atoms with Gasteiger partial charge in [-0.1, -0.05) is 17.7 Å². The topological polar surface area (TPSA) is 41.1 Å². The van der Waals surface area contributed by atoms with Crippen molar-refractivity contribution in [1.29, 1.82) is 0 Å². The van der Waals surface area contributed by atoms with Crippen LogP contribution in [0, 0.1) is 13.8 Å². The van der Waals surface area contributed by atoms with Crippen LogP contribution in [0.2, 0.25) is 0 Å². The fraction of sp³-hybridized carbons (Fsp3) is 0.500. The number of benzene rings is 1.